The second-order valence-corrected chi connectivity index (χ2v) is 6.92. The molecular weight excluding hydrogens is 347 g/mol. The number of carbonyl (C=O) groups excluding carboxylic acids is 1. The van der Waals surface area contributed by atoms with Crippen LogP contribution in [-0.2, 0) is 0 Å². The lowest BCUT2D eigenvalue weighted by molar-refractivity contribution is 0.189. The Morgan fingerprint density at radius 3 is 2.33 bits per heavy atom. The van der Waals surface area contributed by atoms with Gasteiger partial charge < -0.3 is 4.74 Å². The minimum absolute atomic E-state index is 0.0840. The summed E-state index contributed by atoms with van der Waals surface area (Å²) in [5.41, 5.74) is 5.57. The van der Waals surface area contributed by atoms with Gasteiger partial charge in [0.05, 0.1) is 13.1 Å². The number of carbonyl (C=O) groups is 1. The normalized spacial score (nSPS) is 20.3. The monoisotopic (exact) mass is 378 g/mol. The molecule has 0 radical (unpaired) electrons. The van der Waals surface area contributed by atoms with Crippen LogP contribution in [0, 0.1) is 5.82 Å². The summed E-state index contributed by atoms with van der Waals surface area (Å²) < 4.78 is 18.5. The average molecular weight is 378 g/mol. The van der Waals surface area contributed by atoms with E-state index in [4.69, 9.17) is 4.74 Å². The van der Waals surface area contributed by atoms with Gasteiger partial charge in [-0.25, -0.2) is 14.6 Å². The molecule has 1 unspecified atom stereocenters. The summed E-state index contributed by atoms with van der Waals surface area (Å²) in [6, 6.07) is 5.98. The number of azo groups is 1. The summed E-state index contributed by atoms with van der Waals surface area (Å²) in [5.74, 6) is -0.647. The van der Waals surface area contributed by atoms with Gasteiger partial charge in [-0.15, -0.1) is 0 Å². The molecule has 0 bridgehead atoms. The summed E-state index contributed by atoms with van der Waals surface area (Å²) in [6.45, 7) is 1.53. The summed E-state index contributed by atoms with van der Waals surface area (Å²) in [5, 5.41) is 8.44. The number of hydrogen-bond donors (Lipinski definition) is 2. The summed E-state index contributed by atoms with van der Waals surface area (Å²) in [6.07, 6.45) is 10.5. The van der Waals surface area contributed by atoms with Crippen LogP contribution < -0.4 is 15.6 Å². The first-order valence-electron chi connectivity index (χ1n) is 10.1. The van der Waals surface area contributed by atoms with Crippen molar-refractivity contribution >= 4 is 6.09 Å². The molecule has 1 atom stereocenters. The van der Waals surface area contributed by atoms with Crippen LogP contribution in [0.2, 0.25) is 0 Å². The van der Waals surface area contributed by atoms with Crippen LogP contribution in [0.15, 0.2) is 34.5 Å². The maximum atomic E-state index is 13.5. The first-order valence-corrected chi connectivity index (χ1v) is 10.1. The maximum absolute atomic E-state index is 13.5. The van der Waals surface area contributed by atoms with E-state index in [1.54, 1.807) is 12.1 Å². The lowest BCUT2D eigenvalue weighted by Gasteiger charge is -2.19. The number of nitrogens with one attached hydrogen (secondary N) is 2. The zero-order chi connectivity index (χ0) is 19.2. The Morgan fingerprint density at radius 2 is 1.56 bits per heavy atom. The van der Waals surface area contributed by atoms with E-state index < -0.39 is 11.9 Å². The Bertz CT molecular complexity index is 583. The minimum Gasteiger partial charge on any atom is -0.406 e. The Balaban J connectivity index is 1.77. The van der Waals surface area contributed by atoms with Gasteiger partial charge in [0.25, 0.3) is 0 Å². The molecule has 1 aliphatic rings. The van der Waals surface area contributed by atoms with Gasteiger partial charge >= 0.3 is 6.09 Å². The number of para-hydroxylation sites is 1. The molecule has 0 saturated carbocycles. The van der Waals surface area contributed by atoms with Gasteiger partial charge in [0.15, 0.2) is 11.6 Å². The first-order chi connectivity index (χ1) is 13.3. The minimum atomic E-state index is -0.712. The number of rotatable bonds is 3. The van der Waals surface area contributed by atoms with E-state index in [1.165, 1.54) is 44.2 Å². The van der Waals surface area contributed by atoms with Crippen molar-refractivity contribution in [2.45, 2.75) is 70.3 Å². The Hall–Kier alpha value is -2.02. The van der Waals surface area contributed by atoms with Crippen LogP contribution in [-0.4, -0.2) is 25.2 Å². The van der Waals surface area contributed by atoms with Crippen molar-refractivity contribution in [1.29, 1.82) is 0 Å². The van der Waals surface area contributed by atoms with E-state index in [0.29, 0.717) is 6.54 Å². The van der Waals surface area contributed by atoms with Crippen molar-refractivity contribution in [3.05, 3.63) is 30.1 Å². The van der Waals surface area contributed by atoms with Crippen LogP contribution in [0.3, 0.4) is 0 Å². The topological polar surface area (TPSA) is 75.1 Å². The van der Waals surface area contributed by atoms with Gasteiger partial charge in [0.2, 0.25) is 0 Å². The second kappa shape index (κ2) is 13.2. The molecule has 2 N–H and O–H groups in total. The fraction of sp³-hybridized carbons (Fsp3) is 0.650. The third-order valence-electron chi connectivity index (χ3n) is 4.64. The number of amides is 1. The van der Waals surface area contributed by atoms with Crippen molar-refractivity contribution in [2.24, 2.45) is 10.2 Å². The van der Waals surface area contributed by atoms with Crippen molar-refractivity contribution in [3.63, 3.8) is 0 Å². The smallest absolute Gasteiger partial charge is 0.406 e. The molecule has 0 aliphatic carbocycles. The van der Waals surface area contributed by atoms with E-state index in [9.17, 15) is 9.18 Å². The molecule has 1 aromatic carbocycles. The van der Waals surface area contributed by atoms with E-state index in [0.717, 1.165) is 38.6 Å². The van der Waals surface area contributed by atoms with Crippen LogP contribution in [0.4, 0.5) is 9.18 Å². The molecule has 150 valence electrons. The fourth-order valence-electron chi connectivity index (χ4n) is 3.11. The molecule has 1 aromatic rings. The van der Waals surface area contributed by atoms with Crippen LogP contribution in [0.1, 0.15) is 64.2 Å². The standard InChI is InChI=1S/C20H31FN4O2/c21-18-13-7-8-14-19(18)27-20(26)25-24-17-11-6-4-2-1-3-5-9-15-22-23-16-10-12-17/h7-8,13-14,17,24H,1-6,9-12,15-16H2,(H,25,26). The highest BCUT2D eigenvalue weighted by molar-refractivity contribution is 5.69. The Kier molecular flexibility index (Phi) is 10.4. The van der Waals surface area contributed by atoms with Crippen LogP contribution in [0.25, 0.3) is 0 Å². The maximum Gasteiger partial charge on any atom is 0.427 e. The molecule has 0 fully saturated rings. The molecule has 1 aliphatic heterocycles. The lowest BCUT2D eigenvalue weighted by Crippen LogP contribution is -2.45. The second-order valence-electron chi connectivity index (χ2n) is 6.92. The van der Waals surface area contributed by atoms with Crippen LogP contribution >= 0.6 is 0 Å². The summed E-state index contributed by atoms with van der Waals surface area (Å²) >= 11 is 0. The van der Waals surface area contributed by atoms with Gasteiger partial charge in [-0.05, 0) is 37.8 Å². The number of benzene rings is 1. The highest BCUT2D eigenvalue weighted by Crippen LogP contribution is 2.15. The number of ether oxygens (including phenoxy) is 1. The quantitative estimate of drug-likeness (QED) is 0.714. The van der Waals surface area contributed by atoms with Gasteiger partial charge in [0, 0.05) is 6.04 Å². The van der Waals surface area contributed by atoms with E-state index >= 15 is 0 Å². The Labute approximate surface area is 160 Å². The SMILES string of the molecule is O=C(NNC1CCCCCCCCCN=NCCC1)Oc1ccccc1F. The first kappa shape index (κ1) is 21.3. The van der Waals surface area contributed by atoms with Crippen molar-refractivity contribution in [1.82, 2.24) is 10.9 Å². The molecule has 1 heterocycles. The molecule has 7 heteroatoms. The molecule has 27 heavy (non-hydrogen) atoms. The number of hydrazine groups is 1. The lowest BCUT2D eigenvalue weighted by atomic mass is 10.0. The highest BCUT2D eigenvalue weighted by atomic mass is 19.1. The highest BCUT2D eigenvalue weighted by Gasteiger charge is 2.12. The van der Waals surface area contributed by atoms with Crippen molar-refractivity contribution in [2.75, 3.05) is 13.1 Å². The largest absolute Gasteiger partial charge is 0.427 e. The van der Waals surface area contributed by atoms with Gasteiger partial charge in [0.1, 0.15) is 0 Å². The van der Waals surface area contributed by atoms with Gasteiger partial charge in [-0.1, -0.05) is 50.7 Å². The zero-order valence-corrected chi connectivity index (χ0v) is 16.0. The number of halogens is 1. The van der Waals surface area contributed by atoms with Crippen LogP contribution in [0.5, 0.6) is 5.75 Å². The van der Waals surface area contributed by atoms with E-state index in [-0.39, 0.29) is 11.8 Å². The number of hydrogen-bond acceptors (Lipinski definition) is 5. The third kappa shape index (κ3) is 9.47. The summed E-state index contributed by atoms with van der Waals surface area (Å²) in [4.78, 5) is 11.9. The molecule has 0 saturated heterocycles. The van der Waals surface area contributed by atoms with Crippen molar-refractivity contribution in [3.8, 4) is 5.75 Å². The molecule has 2 rings (SSSR count). The van der Waals surface area contributed by atoms with Gasteiger partial charge in [-0.3, -0.25) is 5.43 Å². The third-order valence-corrected chi connectivity index (χ3v) is 4.64. The van der Waals surface area contributed by atoms with Crippen molar-refractivity contribution < 1.29 is 13.9 Å². The van der Waals surface area contributed by atoms with E-state index in [1.807, 2.05) is 0 Å². The Morgan fingerprint density at radius 1 is 0.926 bits per heavy atom. The molecular formula is C20H31FN4O2. The molecule has 0 aromatic heterocycles. The summed E-state index contributed by atoms with van der Waals surface area (Å²) in [7, 11) is 0. The predicted octanol–water partition coefficient (Wildman–Crippen LogP) is 5.15. The van der Waals surface area contributed by atoms with Gasteiger partial charge in [-0.2, -0.15) is 10.2 Å². The average Bonchev–Trinajstić information content (AvgIpc) is 2.68. The fourth-order valence-corrected chi connectivity index (χ4v) is 3.11. The molecule has 6 nitrogen and oxygen atoms in total. The molecule has 1 amide bonds. The zero-order valence-electron chi connectivity index (χ0n) is 16.0. The van der Waals surface area contributed by atoms with E-state index in [2.05, 4.69) is 21.1 Å². The predicted molar refractivity (Wildman–Crippen MR) is 103 cm³/mol. The number of nitrogens with zero attached hydrogens (tertiary/aromatic N) is 2. The molecule has 0 spiro atoms.